The van der Waals surface area contributed by atoms with Gasteiger partial charge in [-0.1, -0.05) is 18.2 Å². The summed E-state index contributed by atoms with van der Waals surface area (Å²) in [6, 6.07) is 11.7. The van der Waals surface area contributed by atoms with Crippen molar-refractivity contribution < 1.29 is 24.0 Å². The van der Waals surface area contributed by atoms with E-state index in [1.54, 1.807) is 13.0 Å². The average Bonchev–Trinajstić information content (AvgIpc) is 3.14. The first-order valence-electron chi connectivity index (χ1n) is 10.3. The van der Waals surface area contributed by atoms with Gasteiger partial charge in [0.1, 0.15) is 5.56 Å². The van der Waals surface area contributed by atoms with Crippen LogP contribution in [0.2, 0.25) is 0 Å². The molecule has 0 aliphatic carbocycles. The predicted octanol–water partition coefficient (Wildman–Crippen LogP) is 3.65. The summed E-state index contributed by atoms with van der Waals surface area (Å²) in [4.78, 5) is 42.0. The van der Waals surface area contributed by atoms with E-state index in [1.807, 2.05) is 29.2 Å². The van der Waals surface area contributed by atoms with E-state index in [-0.39, 0.29) is 17.0 Å². The van der Waals surface area contributed by atoms with Crippen molar-refractivity contribution in [3.05, 3.63) is 69.4 Å². The van der Waals surface area contributed by atoms with E-state index in [0.29, 0.717) is 43.2 Å². The summed E-state index contributed by atoms with van der Waals surface area (Å²) in [6.45, 7) is 5.54. The number of Topliss-reactive ketones (excluding diaryl/α,β-unsaturated/α-hetero) is 1. The third-order valence-corrected chi connectivity index (χ3v) is 5.57. The molecule has 0 bridgehead atoms. The number of nitro groups is 1. The van der Waals surface area contributed by atoms with E-state index in [4.69, 9.17) is 9.47 Å². The van der Waals surface area contributed by atoms with Crippen LogP contribution in [-0.2, 0) is 9.47 Å². The summed E-state index contributed by atoms with van der Waals surface area (Å²) >= 11 is 0. The van der Waals surface area contributed by atoms with Crippen LogP contribution >= 0.6 is 0 Å². The lowest BCUT2D eigenvalue weighted by Crippen LogP contribution is -2.36. The Balaban J connectivity index is 1.60. The molecular formula is C23H23N3O6. The number of hydrogen-bond acceptors (Lipinski definition) is 7. The molecule has 1 fully saturated rings. The summed E-state index contributed by atoms with van der Waals surface area (Å²) in [5.41, 5.74) is 2.03. The SMILES string of the molecule is Cc1[nH]c2ccccc2c1C(=O)C(C)OC(=O)c1cc(N2CCOCC2)ccc1[N+](=O)[O-]. The number of ketones is 1. The maximum Gasteiger partial charge on any atom is 0.345 e. The summed E-state index contributed by atoms with van der Waals surface area (Å²) in [6.07, 6.45) is -1.12. The lowest BCUT2D eigenvalue weighted by atomic mass is 10.0. The molecule has 0 spiro atoms. The van der Waals surface area contributed by atoms with Gasteiger partial charge < -0.3 is 19.4 Å². The average molecular weight is 437 g/mol. The molecule has 2 heterocycles. The highest BCUT2D eigenvalue weighted by molar-refractivity contribution is 6.12. The molecule has 0 saturated carbocycles. The van der Waals surface area contributed by atoms with Crippen molar-refractivity contribution in [2.75, 3.05) is 31.2 Å². The van der Waals surface area contributed by atoms with Crippen molar-refractivity contribution in [3.63, 3.8) is 0 Å². The van der Waals surface area contributed by atoms with Crippen molar-refractivity contribution >= 4 is 34.0 Å². The van der Waals surface area contributed by atoms with E-state index < -0.39 is 17.0 Å². The zero-order chi connectivity index (χ0) is 22.8. The second-order valence-electron chi connectivity index (χ2n) is 7.64. The second kappa shape index (κ2) is 8.80. The Hall–Kier alpha value is -3.72. The number of carbonyl (C=O) groups is 2. The maximum atomic E-state index is 13.1. The molecule has 3 aromatic rings. The highest BCUT2D eigenvalue weighted by Gasteiger charge is 2.29. The molecule has 9 heteroatoms. The minimum atomic E-state index is -1.12. The first-order valence-corrected chi connectivity index (χ1v) is 10.3. The molecule has 1 saturated heterocycles. The predicted molar refractivity (Wildman–Crippen MR) is 118 cm³/mol. The van der Waals surface area contributed by atoms with E-state index in [1.165, 1.54) is 19.1 Å². The number of benzene rings is 2. The summed E-state index contributed by atoms with van der Waals surface area (Å²) < 4.78 is 10.7. The smallest absolute Gasteiger partial charge is 0.345 e. The molecule has 9 nitrogen and oxygen atoms in total. The Morgan fingerprint density at radius 3 is 2.62 bits per heavy atom. The quantitative estimate of drug-likeness (QED) is 0.271. The van der Waals surface area contributed by atoms with Gasteiger partial charge >= 0.3 is 5.97 Å². The van der Waals surface area contributed by atoms with Crippen LogP contribution in [0.3, 0.4) is 0 Å². The van der Waals surface area contributed by atoms with Crippen LogP contribution < -0.4 is 4.90 Å². The van der Waals surface area contributed by atoms with Crippen LogP contribution in [0.15, 0.2) is 42.5 Å². The monoisotopic (exact) mass is 437 g/mol. The van der Waals surface area contributed by atoms with E-state index in [0.717, 1.165) is 10.9 Å². The number of anilines is 1. The fourth-order valence-electron chi connectivity index (χ4n) is 3.94. The Kier molecular flexibility index (Phi) is 5.91. The lowest BCUT2D eigenvalue weighted by molar-refractivity contribution is -0.385. The lowest BCUT2D eigenvalue weighted by Gasteiger charge is -2.29. The van der Waals surface area contributed by atoms with Gasteiger partial charge in [0.2, 0.25) is 5.78 Å². The molecule has 32 heavy (non-hydrogen) atoms. The minimum absolute atomic E-state index is 0.186. The number of nitrogens with one attached hydrogen (secondary N) is 1. The van der Waals surface area contributed by atoms with Crippen LogP contribution in [-0.4, -0.2) is 54.1 Å². The van der Waals surface area contributed by atoms with E-state index >= 15 is 0 Å². The molecule has 1 atom stereocenters. The zero-order valence-corrected chi connectivity index (χ0v) is 17.8. The molecule has 1 aromatic heterocycles. The Labute approximate surface area is 184 Å². The normalized spacial score (nSPS) is 14.9. The number of hydrogen-bond donors (Lipinski definition) is 1. The van der Waals surface area contributed by atoms with Crippen LogP contribution in [0.5, 0.6) is 0 Å². The van der Waals surface area contributed by atoms with Crippen molar-refractivity contribution in [2.24, 2.45) is 0 Å². The number of H-pyrrole nitrogens is 1. The standard InChI is InChI=1S/C23H23N3O6/c1-14-21(17-5-3-4-6-19(17)24-14)22(27)15(2)32-23(28)18-13-16(7-8-20(18)26(29)30)25-9-11-31-12-10-25/h3-8,13,15,24H,9-12H2,1-2H3. The van der Waals surface area contributed by atoms with Gasteiger partial charge in [-0.2, -0.15) is 0 Å². The van der Waals surface area contributed by atoms with Crippen molar-refractivity contribution in [3.8, 4) is 0 Å². The summed E-state index contributed by atoms with van der Waals surface area (Å²) in [7, 11) is 0. The number of carbonyl (C=O) groups excluding carboxylic acids is 2. The Bertz CT molecular complexity index is 1200. The second-order valence-corrected chi connectivity index (χ2v) is 7.64. The number of aromatic amines is 1. The number of rotatable bonds is 6. The highest BCUT2D eigenvalue weighted by Crippen LogP contribution is 2.28. The molecule has 1 N–H and O–H groups in total. The number of esters is 1. The fraction of sp³-hybridized carbons (Fsp3) is 0.304. The number of para-hydroxylation sites is 1. The maximum absolute atomic E-state index is 13.1. The van der Waals surface area contributed by atoms with Gasteiger partial charge in [0.05, 0.1) is 18.1 Å². The van der Waals surface area contributed by atoms with Gasteiger partial charge in [0.25, 0.3) is 5.69 Å². The first-order chi connectivity index (χ1) is 15.4. The molecular weight excluding hydrogens is 414 g/mol. The zero-order valence-electron chi connectivity index (χ0n) is 17.8. The van der Waals surface area contributed by atoms with E-state index in [9.17, 15) is 19.7 Å². The van der Waals surface area contributed by atoms with Crippen LogP contribution in [0.4, 0.5) is 11.4 Å². The minimum Gasteiger partial charge on any atom is -0.450 e. The van der Waals surface area contributed by atoms with Crippen LogP contribution in [0, 0.1) is 17.0 Å². The van der Waals surface area contributed by atoms with Gasteiger partial charge in [0.15, 0.2) is 6.10 Å². The molecule has 1 aliphatic heterocycles. The number of fused-ring (bicyclic) bond motifs is 1. The molecule has 4 rings (SSSR count). The number of ether oxygens (including phenoxy) is 2. The number of nitro benzene ring substituents is 1. The molecule has 0 radical (unpaired) electrons. The molecule has 0 amide bonds. The van der Waals surface area contributed by atoms with Crippen LogP contribution in [0.25, 0.3) is 10.9 Å². The Morgan fingerprint density at radius 2 is 1.91 bits per heavy atom. The topological polar surface area (TPSA) is 115 Å². The van der Waals surface area contributed by atoms with Crippen molar-refractivity contribution in [2.45, 2.75) is 20.0 Å². The highest BCUT2D eigenvalue weighted by atomic mass is 16.6. The molecule has 1 unspecified atom stereocenters. The van der Waals surface area contributed by atoms with Gasteiger partial charge in [-0.25, -0.2) is 4.79 Å². The van der Waals surface area contributed by atoms with Crippen molar-refractivity contribution in [1.82, 2.24) is 4.98 Å². The third-order valence-electron chi connectivity index (χ3n) is 5.57. The Morgan fingerprint density at radius 1 is 1.19 bits per heavy atom. The number of aromatic nitrogens is 1. The van der Waals surface area contributed by atoms with Gasteiger partial charge in [0, 0.05) is 47.0 Å². The van der Waals surface area contributed by atoms with Crippen molar-refractivity contribution in [1.29, 1.82) is 0 Å². The van der Waals surface area contributed by atoms with Gasteiger partial charge in [-0.05, 0) is 32.0 Å². The first kappa shape index (κ1) is 21.5. The third kappa shape index (κ3) is 4.06. The molecule has 166 valence electrons. The van der Waals surface area contributed by atoms with Gasteiger partial charge in [-0.3, -0.25) is 14.9 Å². The van der Waals surface area contributed by atoms with Crippen LogP contribution in [0.1, 0.15) is 33.3 Å². The van der Waals surface area contributed by atoms with Gasteiger partial charge in [-0.15, -0.1) is 0 Å². The van der Waals surface area contributed by atoms with E-state index in [2.05, 4.69) is 4.98 Å². The summed E-state index contributed by atoms with van der Waals surface area (Å²) in [5.74, 6) is -1.29. The largest absolute Gasteiger partial charge is 0.450 e. The summed E-state index contributed by atoms with van der Waals surface area (Å²) in [5, 5.41) is 12.2. The number of nitrogens with zero attached hydrogens (tertiary/aromatic N) is 2. The number of aryl methyl sites for hydroxylation is 1. The molecule has 1 aliphatic rings. The molecule has 2 aromatic carbocycles. The number of morpholine rings is 1. The fourth-order valence-corrected chi connectivity index (χ4v) is 3.94.